The van der Waals surface area contributed by atoms with E-state index in [9.17, 15) is 10.1 Å². The Hall–Kier alpha value is -3.03. The normalized spacial score (nSPS) is 21.0. The minimum absolute atomic E-state index is 0.0109. The maximum atomic E-state index is 13.5. The molecule has 31 heavy (non-hydrogen) atoms. The molecule has 0 bridgehead atoms. The fourth-order valence-corrected chi connectivity index (χ4v) is 4.67. The Kier molecular flexibility index (Phi) is 5.89. The Balaban J connectivity index is 1.80. The van der Waals surface area contributed by atoms with Crippen molar-refractivity contribution in [2.45, 2.75) is 51.6 Å². The lowest BCUT2D eigenvalue weighted by atomic mass is 9.72. The van der Waals surface area contributed by atoms with E-state index in [0.717, 1.165) is 22.5 Å². The average Bonchev–Trinajstić information content (AvgIpc) is 2.73. The molecule has 1 aliphatic heterocycles. The molecule has 2 atom stereocenters. The highest BCUT2D eigenvalue weighted by molar-refractivity contribution is 6.30. The summed E-state index contributed by atoms with van der Waals surface area (Å²) in [4.78, 5) is 13.5. The van der Waals surface area contributed by atoms with E-state index in [1.807, 2.05) is 69.3 Å². The molecule has 4 nitrogen and oxygen atoms in total. The summed E-state index contributed by atoms with van der Waals surface area (Å²) in [6, 6.07) is 17.8. The van der Waals surface area contributed by atoms with Gasteiger partial charge in [0.05, 0.1) is 23.7 Å². The zero-order valence-electron chi connectivity index (χ0n) is 17.9. The monoisotopic (exact) mass is 432 g/mol. The molecule has 1 aliphatic carbocycles. The lowest BCUT2D eigenvalue weighted by Crippen LogP contribution is -2.33. The molecule has 0 radical (unpaired) electrons. The highest BCUT2D eigenvalue weighted by Gasteiger charge is 2.40. The molecule has 0 unspecified atom stereocenters. The third-order valence-electron chi connectivity index (χ3n) is 5.88. The van der Waals surface area contributed by atoms with E-state index in [1.54, 1.807) is 0 Å². The smallest absolute Gasteiger partial charge is 0.162 e. The maximum absolute atomic E-state index is 13.5. The van der Waals surface area contributed by atoms with Gasteiger partial charge in [0, 0.05) is 34.0 Å². The SMILES string of the molecule is CC1=C(C#N)[C@H](c2ccccc2OC(C)C)C2=C(C[C@H](c3ccc(Cl)cc3)CC2=O)N1. The zero-order chi connectivity index (χ0) is 22.1. The van der Waals surface area contributed by atoms with Crippen LogP contribution in [0.2, 0.25) is 5.02 Å². The fraction of sp³-hybridized carbons (Fsp3) is 0.308. The van der Waals surface area contributed by atoms with Crippen LogP contribution in [-0.4, -0.2) is 11.9 Å². The Bertz CT molecular complexity index is 1120. The molecule has 158 valence electrons. The first-order valence-corrected chi connectivity index (χ1v) is 10.9. The summed E-state index contributed by atoms with van der Waals surface area (Å²) in [6.45, 7) is 5.84. The van der Waals surface area contributed by atoms with E-state index >= 15 is 0 Å². The van der Waals surface area contributed by atoms with Gasteiger partial charge in [0.25, 0.3) is 0 Å². The van der Waals surface area contributed by atoms with Crippen molar-refractivity contribution in [3.05, 3.63) is 87.2 Å². The number of ketones is 1. The number of para-hydroxylation sites is 1. The number of rotatable bonds is 4. The lowest BCUT2D eigenvalue weighted by Gasteiger charge is -2.36. The van der Waals surface area contributed by atoms with Crippen molar-refractivity contribution in [1.29, 1.82) is 5.26 Å². The Morgan fingerprint density at radius 3 is 2.52 bits per heavy atom. The molecule has 1 N–H and O–H groups in total. The van der Waals surface area contributed by atoms with Gasteiger partial charge in [-0.3, -0.25) is 4.79 Å². The summed E-state index contributed by atoms with van der Waals surface area (Å²) < 4.78 is 6.04. The molecule has 0 amide bonds. The van der Waals surface area contributed by atoms with Crippen LogP contribution in [0.5, 0.6) is 5.75 Å². The molecule has 2 aromatic carbocycles. The summed E-state index contributed by atoms with van der Waals surface area (Å²) in [7, 11) is 0. The second-order valence-corrected chi connectivity index (χ2v) is 8.82. The number of dihydropyridines is 1. The van der Waals surface area contributed by atoms with Gasteiger partial charge >= 0.3 is 0 Å². The number of hydrogen-bond donors (Lipinski definition) is 1. The van der Waals surface area contributed by atoms with E-state index in [4.69, 9.17) is 16.3 Å². The van der Waals surface area contributed by atoms with Gasteiger partial charge in [0.1, 0.15) is 5.75 Å². The average molecular weight is 433 g/mol. The highest BCUT2D eigenvalue weighted by atomic mass is 35.5. The molecule has 5 heteroatoms. The Morgan fingerprint density at radius 2 is 1.84 bits per heavy atom. The van der Waals surface area contributed by atoms with Crippen LogP contribution < -0.4 is 10.1 Å². The second-order valence-electron chi connectivity index (χ2n) is 8.39. The van der Waals surface area contributed by atoms with Gasteiger partial charge in [-0.15, -0.1) is 0 Å². The first-order valence-electron chi connectivity index (χ1n) is 10.5. The second kappa shape index (κ2) is 8.61. The maximum Gasteiger partial charge on any atom is 0.162 e. The number of carbonyl (C=O) groups is 1. The van der Waals surface area contributed by atoms with E-state index in [0.29, 0.717) is 34.8 Å². The molecule has 0 saturated carbocycles. The number of nitrogens with one attached hydrogen (secondary N) is 1. The van der Waals surface area contributed by atoms with Crippen LogP contribution in [0.25, 0.3) is 0 Å². The number of Topliss-reactive ketones (excluding diaryl/α,β-unsaturated/α-hetero) is 1. The third-order valence-corrected chi connectivity index (χ3v) is 6.13. The Labute approximate surface area is 188 Å². The highest BCUT2D eigenvalue weighted by Crippen LogP contribution is 2.47. The number of allylic oxidation sites excluding steroid dienone is 4. The quantitative estimate of drug-likeness (QED) is 0.642. The first-order chi connectivity index (χ1) is 14.9. The van der Waals surface area contributed by atoms with Crippen molar-refractivity contribution >= 4 is 17.4 Å². The molecule has 1 heterocycles. The topological polar surface area (TPSA) is 62.1 Å². The van der Waals surface area contributed by atoms with Crippen LogP contribution in [0.4, 0.5) is 0 Å². The summed E-state index contributed by atoms with van der Waals surface area (Å²) >= 11 is 6.04. The molecular formula is C26H25ClN2O2. The molecule has 0 saturated heterocycles. The lowest BCUT2D eigenvalue weighted by molar-refractivity contribution is -0.116. The minimum Gasteiger partial charge on any atom is -0.491 e. The molecule has 4 rings (SSSR count). The van der Waals surface area contributed by atoms with Crippen LogP contribution in [0, 0.1) is 11.3 Å². The van der Waals surface area contributed by atoms with E-state index in [1.165, 1.54) is 0 Å². The van der Waals surface area contributed by atoms with Gasteiger partial charge in [-0.1, -0.05) is 41.9 Å². The largest absolute Gasteiger partial charge is 0.491 e. The van der Waals surface area contributed by atoms with Gasteiger partial charge in [0.2, 0.25) is 0 Å². The summed E-state index contributed by atoms with van der Waals surface area (Å²) in [5, 5.41) is 14.0. The number of hydrogen-bond acceptors (Lipinski definition) is 4. The summed E-state index contributed by atoms with van der Waals surface area (Å²) in [6.07, 6.45) is 1.11. The Morgan fingerprint density at radius 1 is 1.13 bits per heavy atom. The van der Waals surface area contributed by atoms with Crippen LogP contribution >= 0.6 is 11.6 Å². The molecule has 0 spiro atoms. The molecule has 2 aromatic rings. The van der Waals surface area contributed by atoms with Gasteiger partial charge in [-0.2, -0.15) is 5.26 Å². The van der Waals surface area contributed by atoms with Crippen molar-refractivity contribution in [2.75, 3.05) is 0 Å². The van der Waals surface area contributed by atoms with Gasteiger partial charge < -0.3 is 10.1 Å². The first kappa shape index (κ1) is 21.2. The van der Waals surface area contributed by atoms with Crippen LogP contribution in [0.3, 0.4) is 0 Å². The minimum atomic E-state index is -0.421. The van der Waals surface area contributed by atoms with Crippen molar-refractivity contribution < 1.29 is 9.53 Å². The zero-order valence-corrected chi connectivity index (χ0v) is 18.7. The number of ether oxygens (including phenoxy) is 1. The van der Waals surface area contributed by atoms with Crippen molar-refractivity contribution in [3.8, 4) is 11.8 Å². The summed E-state index contributed by atoms with van der Waals surface area (Å²) in [5.41, 5.74) is 4.90. The molecule has 0 fully saturated rings. The van der Waals surface area contributed by atoms with Crippen LogP contribution in [-0.2, 0) is 4.79 Å². The number of nitrogens with zero attached hydrogens (tertiary/aromatic N) is 1. The van der Waals surface area contributed by atoms with Crippen LogP contribution in [0.15, 0.2) is 71.1 Å². The standard InChI is InChI=1S/C26H25ClN2O2/c1-15(2)31-24-7-5-4-6-20(24)25-21(14-28)16(3)29-22-12-18(13-23(30)26(22)25)17-8-10-19(27)11-9-17/h4-11,15,18,25,29H,12-13H2,1-3H3/t18-,25-/m0/s1. The van der Waals surface area contributed by atoms with E-state index < -0.39 is 5.92 Å². The van der Waals surface area contributed by atoms with E-state index in [-0.39, 0.29) is 17.8 Å². The van der Waals surface area contributed by atoms with Crippen molar-refractivity contribution in [3.63, 3.8) is 0 Å². The van der Waals surface area contributed by atoms with Crippen LogP contribution in [0.1, 0.15) is 56.6 Å². The predicted molar refractivity (Wildman–Crippen MR) is 122 cm³/mol. The number of nitriles is 1. The van der Waals surface area contributed by atoms with E-state index in [2.05, 4.69) is 11.4 Å². The molecule has 2 aliphatic rings. The summed E-state index contributed by atoms with van der Waals surface area (Å²) in [5.74, 6) is 0.438. The van der Waals surface area contributed by atoms with Crippen molar-refractivity contribution in [2.24, 2.45) is 0 Å². The molecular weight excluding hydrogens is 408 g/mol. The number of halogens is 1. The third kappa shape index (κ3) is 4.11. The number of benzene rings is 2. The van der Waals surface area contributed by atoms with Gasteiger partial charge in [-0.05, 0) is 56.9 Å². The number of carbonyl (C=O) groups excluding carboxylic acids is 1. The van der Waals surface area contributed by atoms with Crippen molar-refractivity contribution in [1.82, 2.24) is 5.32 Å². The fourth-order valence-electron chi connectivity index (χ4n) is 4.55. The molecule has 0 aromatic heterocycles. The van der Waals surface area contributed by atoms with Gasteiger partial charge in [-0.25, -0.2) is 0 Å². The van der Waals surface area contributed by atoms with Gasteiger partial charge in [0.15, 0.2) is 5.78 Å². The predicted octanol–water partition coefficient (Wildman–Crippen LogP) is 6.01.